The highest BCUT2D eigenvalue weighted by molar-refractivity contribution is 5.68. The molecule has 0 amide bonds. The lowest BCUT2D eigenvalue weighted by atomic mass is 9.98. The molecule has 1 aliphatic heterocycles. The average Bonchev–Trinajstić information content (AvgIpc) is 2.87. The summed E-state index contributed by atoms with van der Waals surface area (Å²) in [5, 5.41) is 0. The Labute approximate surface area is 118 Å². The molecule has 0 bridgehead atoms. The predicted molar refractivity (Wildman–Crippen MR) is 78.4 cm³/mol. The van der Waals surface area contributed by atoms with Crippen molar-refractivity contribution in [3.63, 3.8) is 0 Å². The minimum absolute atomic E-state index is 0.448. The number of methoxy groups -OCH3 is 1. The topological polar surface area (TPSA) is 64.3 Å². The molecule has 2 heterocycles. The maximum Gasteiger partial charge on any atom is 0.234 e. The molecule has 0 saturated carbocycles. The van der Waals surface area contributed by atoms with Gasteiger partial charge in [0.15, 0.2) is 5.82 Å². The van der Waals surface area contributed by atoms with E-state index in [9.17, 15) is 0 Å². The summed E-state index contributed by atoms with van der Waals surface area (Å²) in [4.78, 5) is 10.9. The van der Waals surface area contributed by atoms with Gasteiger partial charge in [-0.1, -0.05) is 18.2 Å². The third kappa shape index (κ3) is 2.20. The highest BCUT2D eigenvalue weighted by Crippen LogP contribution is 2.41. The molecule has 2 N–H and O–H groups in total. The van der Waals surface area contributed by atoms with Gasteiger partial charge in [-0.2, -0.15) is 4.98 Å². The molecule has 2 aromatic rings. The first-order chi connectivity index (χ1) is 9.83. The summed E-state index contributed by atoms with van der Waals surface area (Å²) in [5.74, 6) is 1.79. The van der Waals surface area contributed by atoms with Gasteiger partial charge in [-0.05, 0) is 24.6 Å². The van der Waals surface area contributed by atoms with Gasteiger partial charge < -0.3 is 15.4 Å². The number of hydrogen-bond acceptors (Lipinski definition) is 5. The van der Waals surface area contributed by atoms with Crippen molar-refractivity contribution < 1.29 is 4.74 Å². The van der Waals surface area contributed by atoms with Gasteiger partial charge in [0.25, 0.3) is 0 Å². The van der Waals surface area contributed by atoms with E-state index < -0.39 is 0 Å². The van der Waals surface area contributed by atoms with Gasteiger partial charge in [0.05, 0.1) is 19.5 Å². The number of ether oxygens (including phenoxy) is 1. The van der Waals surface area contributed by atoms with E-state index in [0.29, 0.717) is 18.3 Å². The van der Waals surface area contributed by atoms with E-state index in [1.165, 1.54) is 11.3 Å². The zero-order valence-electron chi connectivity index (χ0n) is 11.5. The largest absolute Gasteiger partial charge is 0.480 e. The Balaban J connectivity index is 1.98. The van der Waals surface area contributed by atoms with Crippen molar-refractivity contribution in [2.45, 2.75) is 12.3 Å². The van der Waals surface area contributed by atoms with Crippen molar-refractivity contribution in [2.24, 2.45) is 5.73 Å². The fraction of sp³-hybridized carbons (Fsp3) is 0.333. The lowest BCUT2D eigenvalue weighted by Crippen LogP contribution is -2.18. The second-order valence-corrected chi connectivity index (χ2v) is 4.86. The van der Waals surface area contributed by atoms with Crippen LogP contribution < -0.4 is 15.4 Å². The second kappa shape index (κ2) is 5.46. The van der Waals surface area contributed by atoms with E-state index in [-0.39, 0.29) is 0 Å². The molecule has 0 fully saturated rings. The van der Waals surface area contributed by atoms with Crippen molar-refractivity contribution in [3.8, 4) is 5.88 Å². The van der Waals surface area contributed by atoms with Crippen LogP contribution in [0.1, 0.15) is 17.9 Å². The minimum Gasteiger partial charge on any atom is -0.480 e. The molecular weight excluding hydrogens is 252 g/mol. The SMILES string of the molecule is COc1cncc(N2CC(CCN)c3ccccc32)n1. The number of anilines is 2. The van der Waals surface area contributed by atoms with Crippen LogP contribution in [0.25, 0.3) is 0 Å². The van der Waals surface area contributed by atoms with E-state index in [1.54, 1.807) is 19.5 Å². The molecule has 1 unspecified atom stereocenters. The van der Waals surface area contributed by atoms with Crippen LogP contribution in [0.15, 0.2) is 36.7 Å². The maximum atomic E-state index is 5.73. The van der Waals surface area contributed by atoms with E-state index in [2.05, 4.69) is 33.1 Å². The first-order valence-electron chi connectivity index (χ1n) is 6.76. The highest BCUT2D eigenvalue weighted by atomic mass is 16.5. The predicted octanol–water partition coefficient (Wildman–Crippen LogP) is 2.07. The van der Waals surface area contributed by atoms with Crippen molar-refractivity contribution in [2.75, 3.05) is 25.1 Å². The molecule has 1 aromatic carbocycles. The van der Waals surface area contributed by atoms with E-state index in [4.69, 9.17) is 10.5 Å². The maximum absolute atomic E-state index is 5.73. The molecule has 0 aliphatic carbocycles. The van der Waals surface area contributed by atoms with E-state index >= 15 is 0 Å². The number of benzene rings is 1. The fourth-order valence-electron chi connectivity index (χ4n) is 2.73. The molecule has 1 atom stereocenters. The van der Waals surface area contributed by atoms with Crippen molar-refractivity contribution in [3.05, 3.63) is 42.2 Å². The van der Waals surface area contributed by atoms with Crippen LogP contribution in [0.4, 0.5) is 11.5 Å². The fourth-order valence-corrected chi connectivity index (χ4v) is 2.73. The average molecular weight is 270 g/mol. The van der Waals surface area contributed by atoms with Crippen molar-refractivity contribution >= 4 is 11.5 Å². The van der Waals surface area contributed by atoms with Crippen molar-refractivity contribution in [1.29, 1.82) is 0 Å². The molecule has 104 valence electrons. The first kappa shape index (κ1) is 12.9. The summed E-state index contributed by atoms with van der Waals surface area (Å²) >= 11 is 0. The Kier molecular flexibility index (Phi) is 3.52. The highest BCUT2D eigenvalue weighted by Gasteiger charge is 2.29. The Morgan fingerprint density at radius 2 is 2.20 bits per heavy atom. The molecule has 5 heteroatoms. The quantitative estimate of drug-likeness (QED) is 0.921. The number of fused-ring (bicyclic) bond motifs is 1. The molecular formula is C15H18N4O. The number of aromatic nitrogens is 2. The second-order valence-electron chi connectivity index (χ2n) is 4.86. The summed E-state index contributed by atoms with van der Waals surface area (Å²) in [6, 6.07) is 8.41. The molecule has 1 aliphatic rings. The molecule has 0 spiro atoms. The van der Waals surface area contributed by atoms with Crippen molar-refractivity contribution in [1.82, 2.24) is 9.97 Å². The van der Waals surface area contributed by atoms with Crippen LogP contribution in [-0.4, -0.2) is 30.2 Å². The third-order valence-corrected chi connectivity index (χ3v) is 3.67. The Morgan fingerprint density at radius 3 is 3.00 bits per heavy atom. The summed E-state index contributed by atoms with van der Waals surface area (Å²) in [7, 11) is 1.60. The third-order valence-electron chi connectivity index (χ3n) is 3.67. The van der Waals surface area contributed by atoms with Gasteiger partial charge in [0.2, 0.25) is 5.88 Å². The van der Waals surface area contributed by atoms with Gasteiger partial charge in [0, 0.05) is 18.2 Å². The molecule has 3 rings (SSSR count). The number of para-hydroxylation sites is 1. The number of rotatable bonds is 4. The molecule has 1 aromatic heterocycles. The zero-order valence-corrected chi connectivity index (χ0v) is 11.5. The summed E-state index contributed by atoms with van der Waals surface area (Å²) in [6.07, 6.45) is 4.36. The number of hydrogen-bond donors (Lipinski definition) is 1. The molecule has 20 heavy (non-hydrogen) atoms. The van der Waals surface area contributed by atoms with Gasteiger partial charge in [-0.3, -0.25) is 4.98 Å². The van der Waals surface area contributed by atoms with E-state index in [1.807, 2.05) is 6.07 Å². The van der Waals surface area contributed by atoms with Gasteiger partial charge in [-0.15, -0.1) is 0 Å². The van der Waals surface area contributed by atoms with Crippen LogP contribution in [-0.2, 0) is 0 Å². The van der Waals surface area contributed by atoms with E-state index in [0.717, 1.165) is 18.8 Å². The summed E-state index contributed by atoms with van der Waals surface area (Å²) < 4.78 is 5.16. The van der Waals surface area contributed by atoms with Crippen LogP contribution in [0.2, 0.25) is 0 Å². The van der Waals surface area contributed by atoms with Crippen LogP contribution >= 0.6 is 0 Å². The van der Waals surface area contributed by atoms with Gasteiger partial charge in [0.1, 0.15) is 0 Å². The smallest absolute Gasteiger partial charge is 0.234 e. The summed E-state index contributed by atoms with van der Waals surface area (Å²) in [6.45, 7) is 1.58. The number of nitrogens with two attached hydrogens (primary N) is 1. The lowest BCUT2D eigenvalue weighted by molar-refractivity contribution is 0.396. The van der Waals surface area contributed by atoms with Crippen LogP contribution in [0.3, 0.4) is 0 Å². The molecule has 0 radical (unpaired) electrons. The Bertz CT molecular complexity index is 602. The van der Waals surface area contributed by atoms with Gasteiger partial charge in [-0.25, -0.2) is 0 Å². The first-order valence-corrected chi connectivity index (χ1v) is 6.76. The molecule has 5 nitrogen and oxygen atoms in total. The zero-order chi connectivity index (χ0) is 13.9. The number of nitrogens with zero attached hydrogens (tertiary/aromatic N) is 3. The van der Waals surface area contributed by atoms with Crippen LogP contribution in [0, 0.1) is 0 Å². The standard InChI is InChI=1S/C15H18N4O/c1-20-15-9-17-8-14(18-15)19-10-11(6-7-16)12-4-2-3-5-13(12)19/h2-5,8-9,11H,6-7,10,16H2,1H3. The lowest BCUT2D eigenvalue weighted by Gasteiger charge is -2.18. The van der Waals surface area contributed by atoms with Crippen LogP contribution in [0.5, 0.6) is 5.88 Å². The normalized spacial score (nSPS) is 17.1. The molecule has 0 saturated heterocycles. The monoisotopic (exact) mass is 270 g/mol. The minimum atomic E-state index is 0.448. The summed E-state index contributed by atoms with van der Waals surface area (Å²) in [5.41, 5.74) is 8.25. The Morgan fingerprint density at radius 1 is 1.35 bits per heavy atom. The Hall–Kier alpha value is -2.14. The van der Waals surface area contributed by atoms with Gasteiger partial charge >= 0.3 is 0 Å².